The van der Waals surface area contributed by atoms with Crippen molar-refractivity contribution in [3.05, 3.63) is 150 Å². The second-order valence-electron chi connectivity index (χ2n) is 22.5. The summed E-state index contributed by atoms with van der Waals surface area (Å²) in [6.45, 7) is 31.7. The highest BCUT2D eigenvalue weighted by atomic mass is 15.3. The molecule has 10 rings (SSSR count). The van der Waals surface area contributed by atoms with Crippen molar-refractivity contribution in [3.63, 3.8) is 0 Å². The van der Waals surface area contributed by atoms with Gasteiger partial charge in [0.2, 0.25) is 0 Å². The Morgan fingerprint density at radius 2 is 1.02 bits per heavy atom. The zero-order valence-corrected chi connectivity index (χ0v) is 39.0. The van der Waals surface area contributed by atoms with Gasteiger partial charge in [-0.3, -0.25) is 0 Å². The first-order valence-electron chi connectivity index (χ1n) is 22.8. The van der Waals surface area contributed by atoms with Crippen LogP contribution < -0.4 is 31.1 Å². The molecule has 2 unspecified atom stereocenters. The van der Waals surface area contributed by atoms with Gasteiger partial charge >= 0.3 is 0 Å². The molecule has 0 spiro atoms. The predicted octanol–water partition coefficient (Wildman–Crippen LogP) is 13.7. The number of benzene rings is 6. The molecule has 0 bridgehead atoms. The number of hydrogen-bond acceptors (Lipinski definition) is 3. The molecule has 310 valence electrons. The third-order valence-electron chi connectivity index (χ3n) is 16.5. The number of anilines is 8. The summed E-state index contributed by atoms with van der Waals surface area (Å²) >= 11 is 0. The molecular weight excluding hydrogens is 737 g/mol. The Balaban J connectivity index is 1.27. The van der Waals surface area contributed by atoms with Gasteiger partial charge in [0.1, 0.15) is 0 Å². The Kier molecular flexibility index (Phi) is 8.44. The second-order valence-corrected chi connectivity index (χ2v) is 22.5. The Hall–Kier alpha value is -5.22. The average molecular weight is 802 g/mol. The van der Waals surface area contributed by atoms with E-state index in [4.69, 9.17) is 0 Å². The van der Waals surface area contributed by atoms with Crippen molar-refractivity contribution in [2.45, 2.75) is 125 Å². The fourth-order valence-corrected chi connectivity index (χ4v) is 12.3. The molecule has 0 radical (unpaired) electrons. The van der Waals surface area contributed by atoms with E-state index in [2.05, 4.69) is 232 Å². The topological polar surface area (TPSA) is 9.72 Å². The van der Waals surface area contributed by atoms with Crippen LogP contribution in [0.3, 0.4) is 0 Å². The summed E-state index contributed by atoms with van der Waals surface area (Å²) in [4.78, 5) is 7.90. The van der Waals surface area contributed by atoms with Gasteiger partial charge in [0.25, 0.3) is 6.71 Å². The van der Waals surface area contributed by atoms with Crippen molar-refractivity contribution in [1.82, 2.24) is 0 Å². The fourth-order valence-electron chi connectivity index (χ4n) is 12.3. The Morgan fingerprint density at radius 3 is 1.67 bits per heavy atom. The lowest BCUT2D eigenvalue weighted by atomic mass is 9.33. The molecule has 6 aromatic rings. The zero-order chi connectivity index (χ0) is 43.2. The van der Waals surface area contributed by atoms with Crippen LogP contribution in [0.5, 0.6) is 0 Å². The molecule has 3 aliphatic heterocycles. The van der Waals surface area contributed by atoms with Crippen LogP contribution in [0.25, 0.3) is 0 Å². The van der Waals surface area contributed by atoms with E-state index in [1.54, 1.807) is 0 Å². The van der Waals surface area contributed by atoms with E-state index in [0.29, 0.717) is 0 Å². The van der Waals surface area contributed by atoms with Gasteiger partial charge in [-0.15, -0.1) is 0 Å². The lowest BCUT2D eigenvalue weighted by Crippen LogP contribution is -2.69. The molecule has 4 aliphatic rings. The fraction of sp³-hybridized carbons (Fsp3) is 0.368. The molecule has 0 saturated heterocycles. The van der Waals surface area contributed by atoms with E-state index in [9.17, 15) is 0 Å². The maximum Gasteiger partial charge on any atom is 0.252 e. The summed E-state index contributed by atoms with van der Waals surface area (Å²) in [6.07, 6.45) is 2.37. The van der Waals surface area contributed by atoms with E-state index in [1.165, 1.54) is 97.0 Å². The Bertz CT molecular complexity index is 2730. The summed E-state index contributed by atoms with van der Waals surface area (Å²) < 4.78 is 0. The highest BCUT2D eigenvalue weighted by Gasteiger charge is 2.70. The van der Waals surface area contributed by atoms with Gasteiger partial charge in [0, 0.05) is 50.9 Å². The maximum absolute atomic E-state index is 2.81. The number of fused-ring (bicyclic) bond motifs is 7. The summed E-state index contributed by atoms with van der Waals surface area (Å²) in [5.74, 6) is 0. The van der Waals surface area contributed by atoms with Gasteiger partial charge in [0.05, 0.1) is 5.54 Å². The van der Waals surface area contributed by atoms with E-state index in [1.807, 2.05) is 0 Å². The molecule has 0 amide bonds. The monoisotopic (exact) mass is 802 g/mol. The molecule has 4 heteroatoms. The third kappa shape index (κ3) is 5.42. The molecular formula is C57H64BN3. The quantitative estimate of drug-likeness (QED) is 0.165. The summed E-state index contributed by atoms with van der Waals surface area (Å²) in [5, 5.41) is 0. The molecule has 0 N–H and O–H groups in total. The van der Waals surface area contributed by atoms with Crippen LogP contribution in [0, 0.1) is 17.8 Å². The molecule has 1 aliphatic carbocycles. The zero-order valence-electron chi connectivity index (χ0n) is 39.0. The van der Waals surface area contributed by atoms with Gasteiger partial charge < -0.3 is 14.7 Å². The standard InChI is InChI=1S/C57H64BN3/c1-37-33-49-51-50(34-37)60(41-26-23-38(24-27-41)52(2,3)4)48-36-42(28-29-45(48)58(51)44-21-17-18-22-47(44)59(49)40-19-15-14-16-20-40)61-46-30-25-39(53(5,6)7)35-43(46)56(12)54(8,9)31-32-55(10,11)57(56,61)13/h14-30,33-36H,31-32H2,1-13H3. The molecule has 1 fully saturated rings. The summed E-state index contributed by atoms with van der Waals surface area (Å²) in [7, 11) is 0. The van der Waals surface area contributed by atoms with Crippen LogP contribution in [0.1, 0.15) is 118 Å². The first-order chi connectivity index (χ1) is 28.7. The van der Waals surface area contributed by atoms with Crippen LogP contribution in [0.2, 0.25) is 0 Å². The summed E-state index contributed by atoms with van der Waals surface area (Å²) in [5.41, 5.74) is 19.5. The SMILES string of the molecule is Cc1cc2c3c(c1)N(c1ccc(C(C)(C)C)cc1)c1cc(N4c5ccc(C(C)(C)C)cc5C5(C)C(C)(C)CCC(C)(C)C45C)ccc1B3c1ccccc1N2c1ccccc1. The highest BCUT2D eigenvalue weighted by Crippen LogP contribution is 2.71. The third-order valence-corrected chi connectivity index (χ3v) is 16.5. The lowest BCUT2D eigenvalue weighted by molar-refractivity contribution is -0.0415. The average Bonchev–Trinajstić information content (AvgIpc) is 3.44. The smallest absolute Gasteiger partial charge is 0.252 e. The molecule has 2 atom stereocenters. The normalized spacial score (nSPS) is 22.0. The van der Waals surface area contributed by atoms with Crippen LogP contribution in [0.15, 0.2) is 127 Å². The van der Waals surface area contributed by atoms with Gasteiger partial charge in [-0.25, -0.2) is 0 Å². The first kappa shape index (κ1) is 39.9. The lowest BCUT2D eigenvalue weighted by Gasteiger charge is -2.65. The van der Waals surface area contributed by atoms with Crippen molar-refractivity contribution >= 4 is 68.6 Å². The maximum atomic E-state index is 2.81. The minimum absolute atomic E-state index is 0.0262. The second kappa shape index (κ2) is 12.9. The van der Waals surface area contributed by atoms with E-state index < -0.39 is 0 Å². The Labute approximate surface area is 366 Å². The Morgan fingerprint density at radius 1 is 0.475 bits per heavy atom. The molecule has 3 heterocycles. The molecule has 6 aromatic carbocycles. The van der Waals surface area contributed by atoms with Gasteiger partial charge in [-0.1, -0.05) is 143 Å². The minimum Gasteiger partial charge on any atom is -0.334 e. The van der Waals surface area contributed by atoms with Crippen LogP contribution in [-0.4, -0.2) is 12.3 Å². The first-order valence-corrected chi connectivity index (χ1v) is 22.8. The van der Waals surface area contributed by atoms with Crippen LogP contribution in [0.4, 0.5) is 45.5 Å². The number of hydrogen-bond donors (Lipinski definition) is 0. The van der Waals surface area contributed by atoms with Gasteiger partial charge in [-0.2, -0.15) is 0 Å². The van der Waals surface area contributed by atoms with Crippen molar-refractivity contribution < 1.29 is 0 Å². The van der Waals surface area contributed by atoms with Crippen molar-refractivity contribution in [2.24, 2.45) is 10.8 Å². The van der Waals surface area contributed by atoms with Gasteiger partial charge in [-0.05, 0) is 148 Å². The van der Waals surface area contributed by atoms with E-state index >= 15 is 0 Å². The highest BCUT2D eigenvalue weighted by molar-refractivity contribution is 7.00. The van der Waals surface area contributed by atoms with E-state index in [-0.39, 0.29) is 39.3 Å². The van der Waals surface area contributed by atoms with Crippen LogP contribution in [-0.2, 0) is 16.2 Å². The number of aryl methyl sites for hydroxylation is 1. The largest absolute Gasteiger partial charge is 0.334 e. The number of para-hydroxylation sites is 2. The van der Waals surface area contributed by atoms with Crippen molar-refractivity contribution in [1.29, 1.82) is 0 Å². The van der Waals surface area contributed by atoms with Gasteiger partial charge in [0.15, 0.2) is 0 Å². The number of nitrogens with zero attached hydrogens (tertiary/aromatic N) is 3. The van der Waals surface area contributed by atoms with Crippen molar-refractivity contribution in [2.75, 3.05) is 14.7 Å². The van der Waals surface area contributed by atoms with E-state index in [0.717, 1.165) is 0 Å². The minimum atomic E-state index is -0.210. The van der Waals surface area contributed by atoms with Crippen LogP contribution >= 0.6 is 0 Å². The molecule has 61 heavy (non-hydrogen) atoms. The van der Waals surface area contributed by atoms with Crippen molar-refractivity contribution in [3.8, 4) is 0 Å². The number of rotatable bonds is 3. The summed E-state index contributed by atoms with van der Waals surface area (Å²) in [6, 6.07) is 49.4. The predicted molar refractivity (Wildman–Crippen MR) is 264 cm³/mol. The molecule has 1 saturated carbocycles. The molecule has 3 nitrogen and oxygen atoms in total. The molecule has 0 aromatic heterocycles.